The summed E-state index contributed by atoms with van der Waals surface area (Å²) in [5.41, 5.74) is 0.781. The highest BCUT2D eigenvalue weighted by atomic mass is 16.5. The van der Waals surface area contributed by atoms with Crippen LogP contribution in [0, 0.1) is 5.92 Å². The average Bonchev–Trinajstić information content (AvgIpc) is 2.63. The minimum Gasteiger partial charge on any atom is -0.478 e. The van der Waals surface area contributed by atoms with Gasteiger partial charge in [0, 0.05) is 25.8 Å². The Morgan fingerprint density at radius 1 is 1.29 bits per heavy atom. The number of amides is 1. The molecule has 5 nitrogen and oxygen atoms in total. The highest BCUT2D eigenvalue weighted by Crippen LogP contribution is 2.28. The second kappa shape index (κ2) is 8.47. The lowest BCUT2D eigenvalue weighted by Crippen LogP contribution is -2.43. The molecule has 0 aromatic carbocycles. The zero-order chi connectivity index (χ0) is 16.8. The molecule has 1 unspecified atom stereocenters. The minimum absolute atomic E-state index is 0.166. The number of likely N-dealkylation sites (tertiary alicyclic amines) is 1. The molecule has 2 saturated heterocycles. The molecule has 0 radical (unpaired) electrons. The number of ether oxygens (including phenoxy) is 2. The summed E-state index contributed by atoms with van der Waals surface area (Å²) < 4.78 is 11.3. The van der Waals surface area contributed by atoms with E-state index in [0.717, 1.165) is 38.2 Å². The maximum Gasteiger partial charge on any atom is 0.228 e. The van der Waals surface area contributed by atoms with Crippen LogP contribution in [0.15, 0.2) is 18.2 Å². The Hall–Kier alpha value is -1.62. The number of hydrogen-bond donors (Lipinski definition) is 0. The Labute approximate surface area is 144 Å². The Morgan fingerprint density at radius 2 is 2.12 bits per heavy atom. The van der Waals surface area contributed by atoms with Gasteiger partial charge in [-0.25, -0.2) is 4.98 Å². The van der Waals surface area contributed by atoms with Gasteiger partial charge >= 0.3 is 0 Å². The largest absolute Gasteiger partial charge is 0.478 e. The summed E-state index contributed by atoms with van der Waals surface area (Å²) in [6.45, 7) is 5.11. The molecule has 2 fully saturated rings. The molecule has 2 aliphatic rings. The first kappa shape index (κ1) is 17.2. The van der Waals surface area contributed by atoms with Crippen LogP contribution in [-0.4, -0.2) is 48.2 Å². The monoisotopic (exact) mass is 332 g/mol. The van der Waals surface area contributed by atoms with E-state index in [4.69, 9.17) is 9.47 Å². The molecule has 1 aromatic heterocycles. The van der Waals surface area contributed by atoms with E-state index in [1.165, 1.54) is 19.3 Å². The lowest BCUT2D eigenvalue weighted by atomic mass is 9.87. The fourth-order valence-electron chi connectivity index (χ4n) is 3.71. The van der Waals surface area contributed by atoms with Gasteiger partial charge in [-0.1, -0.05) is 6.07 Å². The van der Waals surface area contributed by atoms with Crippen molar-refractivity contribution in [3.05, 3.63) is 23.9 Å². The van der Waals surface area contributed by atoms with Gasteiger partial charge in [-0.2, -0.15) is 0 Å². The highest BCUT2D eigenvalue weighted by molar-refractivity contribution is 5.78. The molecule has 1 aromatic rings. The standard InChI is InChI=1S/C19H28N2O3/c1-2-23-18-8-5-6-16(20-18)14-19(22)21-11-9-15(10-12-21)17-7-3-4-13-24-17/h5-6,8,15,17H,2-4,7,9-14H2,1H3. The predicted molar refractivity (Wildman–Crippen MR) is 92.0 cm³/mol. The topological polar surface area (TPSA) is 51.7 Å². The summed E-state index contributed by atoms with van der Waals surface area (Å²) in [5.74, 6) is 1.38. The van der Waals surface area contributed by atoms with E-state index in [0.29, 0.717) is 30.9 Å². The van der Waals surface area contributed by atoms with Crippen LogP contribution in [0.5, 0.6) is 5.88 Å². The van der Waals surface area contributed by atoms with E-state index in [1.807, 2.05) is 30.0 Å². The normalized spacial score (nSPS) is 22.4. The van der Waals surface area contributed by atoms with Crippen LogP contribution in [0.1, 0.15) is 44.7 Å². The second-order valence-corrected chi connectivity index (χ2v) is 6.70. The third-order valence-corrected chi connectivity index (χ3v) is 5.04. The van der Waals surface area contributed by atoms with Crippen molar-refractivity contribution in [2.45, 2.75) is 51.6 Å². The van der Waals surface area contributed by atoms with Gasteiger partial charge < -0.3 is 14.4 Å². The maximum absolute atomic E-state index is 12.5. The molecular formula is C19H28N2O3. The zero-order valence-electron chi connectivity index (χ0n) is 14.6. The van der Waals surface area contributed by atoms with Gasteiger partial charge in [-0.15, -0.1) is 0 Å². The van der Waals surface area contributed by atoms with Crippen LogP contribution < -0.4 is 4.74 Å². The first-order valence-electron chi connectivity index (χ1n) is 9.24. The molecule has 3 heterocycles. The van der Waals surface area contributed by atoms with E-state index >= 15 is 0 Å². The first-order chi connectivity index (χ1) is 11.8. The SMILES string of the molecule is CCOc1cccc(CC(=O)N2CCC(C3CCCCO3)CC2)n1. The van der Waals surface area contributed by atoms with Crippen molar-refractivity contribution < 1.29 is 14.3 Å². The Bertz CT molecular complexity index is 535. The smallest absolute Gasteiger partial charge is 0.228 e. The van der Waals surface area contributed by atoms with Crippen molar-refractivity contribution in [2.24, 2.45) is 5.92 Å². The second-order valence-electron chi connectivity index (χ2n) is 6.70. The molecule has 0 aliphatic carbocycles. The van der Waals surface area contributed by atoms with E-state index in [-0.39, 0.29) is 5.91 Å². The molecule has 0 saturated carbocycles. The average molecular weight is 332 g/mol. The fourth-order valence-corrected chi connectivity index (χ4v) is 3.71. The molecule has 0 spiro atoms. The van der Waals surface area contributed by atoms with Crippen LogP contribution in [0.2, 0.25) is 0 Å². The zero-order valence-corrected chi connectivity index (χ0v) is 14.6. The number of piperidine rings is 1. The number of carbonyl (C=O) groups excluding carboxylic acids is 1. The van der Waals surface area contributed by atoms with E-state index in [1.54, 1.807) is 0 Å². The van der Waals surface area contributed by atoms with Crippen molar-refractivity contribution >= 4 is 5.91 Å². The highest BCUT2D eigenvalue weighted by Gasteiger charge is 2.30. The summed E-state index contributed by atoms with van der Waals surface area (Å²) in [6, 6.07) is 5.61. The Kier molecular flexibility index (Phi) is 6.07. The Morgan fingerprint density at radius 3 is 2.83 bits per heavy atom. The quantitative estimate of drug-likeness (QED) is 0.832. The van der Waals surface area contributed by atoms with E-state index in [9.17, 15) is 4.79 Å². The number of carbonyl (C=O) groups is 1. The molecule has 132 valence electrons. The van der Waals surface area contributed by atoms with Gasteiger partial charge in [0.25, 0.3) is 0 Å². The van der Waals surface area contributed by atoms with Crippen LogP contribution in [0.25, 0.3) is 0 Å². The lowest BCUT2D eigenvalue weighted by Gasteiger charge is -2.37. The van der Waals surface area contributed by atoms with Crippen molar-refractivity contribution in [3.63, 3.8) is 0 Å². The van der Waals surface area contributed by atoms with Crippen LogP contribution in [0.3, 0.4) is 0 Å². The molecule has 0 bridgehead atoms. The predicted octanol–water partition coefficient (Wildman–Crippen LogP) is 2.83. The summed E-state index contributed by atoms with van der Waals surface area (Å²) in [7, 11) is 0. The van der Waals surface area contributed by atoms with Gasteiger partial charge in [-0.05, 0) is 51.0 Å². The van der Waals surface area contributed by atoms with E-state index < -0.39 is 0 Å². The summed E-state index contributed by atoms with van der Waals surface area (Å²) in [4.78, 5) is 18.9. The van der Waals surface area contributed by atoms with Gasteiger partial charge in [0.1, 0.15) is 0 Å². The number of rotatable bonds is 5. The summed E-state index contributed by atoms with van der Waals surface area (Å²) in [5, 5.41) is 0. The van der Waals surface area contributed by atoms with Crippen LogP contribution >= 0.6 is 0 Å². The third-order valence-electron chi connectivity index (χ3n) is 5.04. The number of pyridine rings is 1. The number of aromatic nitrogens is 1. The molecule has 1 atom stereocenters. The number of nitrogens with zero attached hydrogens (tertiary/aromatic N) is 2. The molecule has 0 N–H and O–H groups in total. The lowest BCUT2D eigenvalue weighted by molar-refractivity contribution is -0.133. The van der Waals surface area contributed by atoms with Crippen molar-refractivity contribution in [3.8, 4) is 5.88 Å². The molecular weight excluding hydrogens is 304 g/mol. The van der Waals surface area contributed by atoms with Gasteiger partial charge in [0.05, 0.1) is 24.8 Å². The Balaban J connectivity index is 1.49. The fraction of sp³-hybridized carbons (Fsp3) is 0.684. The van der Waals surface area contributed by atoms with Crippen LogP contribution in [-0.2, 0) is 16.0 Å². The van der Waals surface area contributed by atoms with Crippen LogP contribution in [0.4, 0.5) is 0 Å². The van der Waals surface area contributed by atoms with Crippen molar-refractivity contribution in [1.82, 2.24) is 9.88 Å². The summed E-state index contributed by atoms with van der Waals surface area (Å²) in [6.07, 6.45) is 6.55. The summed E-state index contributed by atoms with van der Waals surface area (Å²) >= 11 is 0. The maximum atomic E-state index is 12.5. The van der Waals surface area contributed by atoms with E-state index in [2.05, 4.69) is 4.98 Å². The molecule has 3 rings (SSSR count). The van der Waals surface area contributed by atoms with Gasteiger partial charge in [0.15, 0.2) is 0 Å². The first-order valence-corrected chi connectivity index (χ1v) is 9.24. The van der Waals surface area contributed by atoms with Crippen molar-refractivity contribution in [1.29, 1.82) is 0 Å². The minimum atomic E-state index is 0.166. The number of hydrogen-bond acceptors (Lipinski definition) is 4. The third kappa shape index (κ3) is 4.47. The van der Waals surface area contributed by atoms with Gasteiger partial charge in [0.2, 0.25) is 11.8 Å². The molecule has 24 heavy (non-hydrogen) atoms. The van der Waals surface area contributed by atoms with Gasteiger partial charge in [-0.3, -0.25) is 4.79 Å². The molecule has 1 amide bonds. The molecule has 5 heteroatoms. The van der Waals surface area contributed by atoms with Crippen molar-refractivity contribution in [2.75, 3.05) is 26.3 Å². The molecule has 2 aliphatic heterocycles.